The van der Waals surface area contributed by atoms with Gasteiger partial charge in [-0.3, -0.25) is 9.59 Å². The van der Waals surface area contributed by atoms with Gasteiger partial charge in [-0.25, -0.2) is 9.36 Å². The predicted octanol–water partition coefficient (Wildman–Crippen LogP) is 4.62. The van der Waals surface area contributed by atoms with Gasteiger partial charge in [-0.2, -0.15) is 0 Å². The molecule has 38 heavy (non-hydrogen) atoms. The highest BCUT2D eigenvalue weighted by Gasteiger charge is 2.31. The number of amides is 1. The summed E-state index contributed by atoms with van der Waals surface area (Å²) >= 11 is 0. The number of benzene rings is 3. The van der Waals surface area contributed by atoms with E-state index in [1.165, 1.54) is 11.8 Å². The predicted molar refractivity (Wildman–Crippen MR) is 144 cm³/mol. The number of aromatic nitrogens is 2. The molecule has 0 aliphatic carbocycles. The molecule has 0 unspecified atom stereocenters. The molecule has 2 heterocycles. The Bertz CT molecular complexity index is 1600. The molecule has 0 spiro atoms. The molecular weight excluding hydrogens is 486 g/mol. The van der Waals surface area contributed by atoms with Crippen LogP contribution in [0.5, 0.6) is 28.9 Å². The van der Waals surface area contributed by atoms with Gasteiger partial charge in [0.25, 0.3) is 5.56 Å². The number of rotatable bonds is 7. The third kappa shape index (κ3) is 4.36. The van der Waals surface area contributed by atoms with Crippen LogP contribution in [0, 0.1) is 13.8 Å². The number of fused-ring (bicyclic) bond motifs is 2. The highest BCUT2D eigenvalue weighted by molar-refractivity contribution is 5.92. The fourth-order valence-electron chi connectivity index (χ4n) is 4.60. The Morgan fingerprint density at radius 3 is 2.45 bits per heavy atom. The van der Waals surface area contributed by atoms with Gasteiger partial charge >= 0.3 is 0 Å². The van der Waals surface area contributed by atoms with Gasteiger partial charge in [0, 0.05) is 18.1 Å². The van der Waals surface area contributed by atoms with Crippen LogP contribution in [-0.2, 0) is 17.8 Å². The van der Waals surface area contributed by atoms with E-state index in [2.05, 4.69) is 5.32 Å². The maximum atomic E-state index is 13.8. The van der Waals surface area contributed by atoms with Crippen molar-refractivity contribution < 1.29 is 23.7 Å². The number of anilines is 1. The molecular formula is C29H29N3O6. The van der Waals surface area contributed by atoms with Gasteiger partial charge in [0.1, 0.15) is 18.0 Å². The van der Waals surface area contributed by atoms with Crippen molar-refractivity contribution in [1.82, 2.24) is 9.36 Å². The van der Waals surface area contributed by atoms with Gasteiger partial charge in [0.05, 0.1) is 38.3 Å². The van der Waals surface area contributed by atoms with Gasteiger partial charge in [-0.05, 0) is 55.3 Å². The van der Waals surface area contributed by atoms with E-state index in [9.17, 15) is 9.59 Å². The van der Waals surface area contributed by atoms with Gasteiger partial charge in [-0.15, -0.1) is 0 Å². The van der Waals surface area contributed by atoms with Crippen LogP contribution in [0.1, 0.15) is 22.3 Å². The van der Waals surface area contributed by atoms with Gasteiger partial charge in [0.15, 0.2) is 11.5 Å². The van der Waals surface area contributed by atoms with Gasteiger partial charge in [-0.1, -0.05) is 18.2 Å². The van der Waals surface area contributed by atoms with Crippen LogP contribution in [0.4, 0.5) is 5.69 Å². The zero-order valence-corrected chi connectivity index (χ0v) is 22.0. The van der Waals surface area contributed by atoms with Crippen LogP contribution in [0.25, 0.3) is 5.69 Å². The average Bonchev–Trinajstić information content (AvgIpc) is 3.18. The molecule has 4 aromatic rings. The smallest absolute Gasteiger partial charge is 0.278 e. The third-order valence-corrected chi connectivity index (χ3v) is 6.74. The number of hydrogen-bond acceptors (Lipinski definition) is 6. The van der Waals surface area contributed by atoms with Crippen LogP contribution in [-0.4, -0.2) is 36.6 Å². The van der Waals surface area contributed by atoms with Gasteiger partial charge in [0.2, 0.25) is 11.8 Å². The second kappa shape index (κ2) is 10.0. The van der Waals surface area contributed by atoms with Crippen molar-refractivity contribution >= 4 is 11.6 Å². The molecule has 1 aliphatic rings. The number of nitrogens with zero attached hydrogens (tertiary/aromatic N) is 2. The summed E-state index contributed by atoms with van der Waals surface area (Å²) in [6, 6.07) is 16.4. The summed E-state index contributed by atoms with van der Waals surface area (Å²) in [5.74, 6) is 2.06. The Hall–Kier alpha value is -4.66. The number of aryl methyl sites for hydroxylation is 2. The second-order valence-electron chi connectivity index (χ2n) is 9.07. The zero-order valence-electron chi connectivity index (χ0n) is 22.0. The van der Waals surface area contributed by atoms with E-state index >= 15 is 0 Å². The first-order valence-electron chi connectivity index (χ1n) is 12.1. The number of para-hydroxylation sites is 1. The molecule has 3 aromatic carbocycles. The Labute approximate surface area is 220 Å². The molecule has 0 atom stereocenters. The summed E-state index contributed by atoms with van der Waals surface area (Å²) in [5.41, 5.74) is 4.27. The fraction of sp³-hybridized carbons (Fsp3) is 0.241. The van der Waals surface area contributed by atoms with Crippen LogP contribution in [0.2, 0.25) is 0 Å². The van der Waals surface area contributed by atoms with Crippen LogP contribution >= 0.6 is 0 Å². The third-order valence-electron chi connectivity index (χ3n) is 6.74. The average molecular weight is 516 g/mol. The zero-order chi connectivity index (χ0) is 27.0. The van der Waals surface area contributed by atoms with E-state index in [0.717, 1.165) is 16.7 Å². The monoisotopic (exact) mass is 515 g/mol. The molecule has 0 saturated heterocycles. The first-order valence-corrected chi connectivity index (χ1v) is 12.1. The Morgan fingerprint density at radius 2 is 1.74 bits per heavy atom. The highest BCUT2D eigenvalue weighted by Crippen LogP contribution is 2.42. The van der Waals surface area contributed by atoms with Crippen molar-refractivity contribution in [2.75, 3.05) is 26.6 Å². The van der Waals surface area contributed by atoms with E-state index in [1.54, 1.807) is 43.2 Å². The summed E-state index contributed by atoms with van der Waals surface area (Å²) in [7, 11) is 4.64. The van der Waals surface area contributed by atoms with Gasteiger partial charge < -0.3 is 24.3 Å². The number of carbonyl (C=O) groups is 1. The van der Waals surface area contributed by atoms with Crippen molar-refractivity contribution in [3.8, 4) is 34.6 Å². The molecule has 1 amide bonds. The van der Waals surface area contributed by atoms with Crippen molar-refractivity contribution in [3.63, 3.8) is 0 Å². The maximum absolute atomic E-state index is 13.8. The fourth-order valence-corrected chi connectivity index (χ4v) is 4.60. The molecule has 5 rings (SSSR count). The SMILES string of the molecule is COc1ccc(OC)c(NC(=O)Cn2c3c(c(=O)n2-c2ccc(C)c(C)c2)Cc2cccc(OC)c2O3)c1. The number of carbonyl (C=O) groups excluding carboxylic acids is 1. The lowest BCUT2D eigenvalue weighted by Gasteiger charge is -2.21. The number of ether oxygens (including phenoxy) is 4. The minimum Gasteiger partial charge on any atom is -0.497 e. The molecule has 0 radical (unpaired) electrons. The van der Waals surface area contributed by atoms with Crippen molar-refractivity contribution in [3.05, 3.63) is 87.2 Å². The Balaban J connectivity index is 1.60. The topological polar surface area (TPSA) is 93.0 Å². The standard InChI is InChI=1S/C29H29N3O6/c1-17-9-10-20(13-18(17)2)32-28(34)22-14-19-7-6-8-25(37-5)27(19)38-29(22)31(32)16-26(33)30-23-15-21(35-3)11-12-24(23)36-4/h6-13,15H,14,16H2,1-5H3,(H,30,33). The number of nitrogens with one attached hydrogen (secondary N) is 1. The minimum atomic E-state index is -0.374. The van der Waals surface area contributed by atoms with E-state index in [4.69, 9.17) is 18.9 Å². The number of methoxy groups -OCH3 is 3. The molecule has 196 valence electrons. The highest BCUT2D eigenvalue weighted by atomic mass is 16.5. The summed E-state index contributed by atoms with van der Waals surface area (Å²) in [5, 5.41) is 2.88. The summed E-state index contributed by atoms with van der Waals surface area (Å²) in [4.78, 5) is 27.2. The first-order chi connectivity index (χ1) is 18.3. The quantitative estimate of drug-likeness (QED) is 0.340. The molecule has 0 bridgehead atoms. The largest absolute Gasteiger partial charge is 0.497 e. The van der Waals surface area contributed by atoms with E-state index in [-0.39, 0.29) is 18.0 Å². The lowest BCUT2D eigenvalue weighted by Crippen LogP contribution is -2.27. The molecule has 9 heteroatoms. The maximum Gasteiger partial charge on any atom is 0.278 e. The molecule has 1 N–H and O–H groups in total. The van der Waals surface area contributed by atoms with Crippen LogP contribution < -0.4 is 29.8 Å². The van der Waals surface area contributed by atoms with E-state index in [0.29, 0.717) is 52.2 Å². The summed E-state index contributed by atoms with van der Waals surface area (Å²) in [6.07, 6.45) is 0.351. The van der Waals surface area contributed by atoms with E-state index < -0.39 is 0 Å². The van der Waals surface area contributed by atoms with Crippen molar-refractivity contribution in [2.45, 2.75) is 26.8 Å². The summed E-state index contributed by atoms with van der Waals surface area (Å²) in [6.45, 7) is 3.80. The molecule has 1 aliphatic heterocycles. The molecule has 0 saturated carbocycles. The van der Waals surface area contributed by atoms with Crippen LogP contribution in [0.3, 0.4) is 0 Å². The Kier molecular flexibility index (Phi) is 6.59. The molecule has 1 aromatic heterocycles. The normalized spacial score (nSPS) is 11.7. The second-order valence-corrected chi connectivity index (χ2v) is 9.07. The van der Waals surface area contributed by atoms with E-state index in [1.807, 2.05) is 44.2 Å². The Morgan fingerprint density at radius 1 is 0.947 bits per heavy atom. The van der Waals surface area contributed by atoms with Crippen LogP contribution in [0.15, 0.2) is 59.4 Å². The molecule has 9 nitrogen and oxygen atoms in total. The molecule has 0 fully saturated rings. The lowest BCUT2D eigenvalue weighted by molar-refractivity contribution is -0.117. The van der Waals surface area contributed by atoms with Crippen molar-refractivity contribution in [1.29, 1.82) is 0 Å². The first kappa shape index (κ1) is 25.0. The minimum absolute atomic E-state index is 0.192. The van der Waals surface area contributed by atoms with Crippen molar-refractivity contribution in [2.24, 2.45) is 0 Å². The summed E-state index contributed by atoms with van der Waals surface area (Å²) < 4.78 is 25.6. The number of hydrogen-bond donors (Lipinski definition) is 1. The lowest BCUT2D eigenvalue weighted by atomic mass is 10.0.